The fourth-order valence-corrected chi connectivity index (χ4v) is 2.65. The van der Waals surface area contributed by atoms with Gasteiger partial charge >= 0.3 is 11.7 Å². The van der Waals surface area contributed by atoms with Gasteiger partial charge in [-0.05, 0) is 40.4 Å². The Morgan fingerprint density at radius 1 is 1.41 bits per heavy atom. The summed E-state index contributed by atoms with van der Waals surface area (Å²) in [7, 11) is 0. The Hall–Kier alpha value is -2.22. The molecule has 2 N–H and O–H groups in total. The van der Waals surface area contributed by atoms with Crippen molar-refractivity contribution in [2.24, 2.45) is 0 Å². The Morgan fingerprint density at radius 3 is 2.59 bits per heavy atom. The van der Waals surface area contributed by atoms with Crippen LogP contribution in [0.2, 0.25) is 0 Å². The first-order valence-corrected chi connectivity index (χ1v) is 7.29. The van der Waals surface area contributed by atoms with Crippen molar-refractivity contribution in [3.8, 4) is 5.69 Å². The van der Waals surface area contributed by atoms with E-state index in [1.54, 1.807) is 19.2 Å². The molecule has 0 atom stereocenters. The maximum Gasteiger partial charge on any atom is 0.354 e. The summed E-state index contributed by atoms with van der Waals surface area (Å²) in [5.41, 5.74) is -0.399. The summed E-state index contributed by atoms with van der Waals surface area (Å²) in [4.78, 5) is 41.8. The Morgan fingerprint density at radius 2 is 2.05 bits per heavy atom. The molecule has 0 spiro atoms. The summed E-state index contributed by atoms with van der Waals surface area (Å²) >= 11 is 2.94. The van der Waals surface area contributed by atoms with Gasteiger partial charge in [0.15, 0.2) is 5.69 Å². The maximum absolute atomic E-state index is 12.2. The second-order valence-corrected chi connectivity index (χ2v) is 5.87. The zero-order chi connectivity index (χ0) is 16.6. The van der Waals surface area contributed by atoms with Gasteiger partial charge in [-0.3, -0.25) is 19.3 Å². The molecular weight excluding hydrogens is 354 g/mol. The number of aryl methyl sites for hydroxylation is 1. The van der Waals surface area contributed by atoms with Crippen LogP contribution in [0.4, 0.5) is 0 Å². The highest BCUT2D eigenvalue weighted by molar-refractivity contribution is 9.10. The number of carboxylic acid groups (broad SMARTS) is 1. The number of aromatic carboxylic acids is 1. The van der Waals surface area contributed by atoms with Crippen molar-refractivity contribution in [3.05, 3.63) is 54.5 Å². The van der Waals surface area contributed by atoms with Crippen LogP contribution >= 0.6 is 15.9 Å². The van der Waals surface area contributed by atoms with Gasteiger partial charge in [-0.1, -0.05) is 13.8 Å². The molecule has 0 fully saturated rings. The lowest BCUT2D eigenvalue weighted by molar-refractivity contribution is 0.0685. The number of hydrogen-bond acceptors (Lipinski definition) is 4. The number of rotatable bonds is 3. The summed E-state index contributed by atoms with van der Waals surface area (Å²) in [6.45, 7) is 5.52. The first kappa shape index (κ1) is 16.2. The first-order valence-electron chi connectivity index (χ1n) is 6.49. The third-order valence-corrected chi connectivity index (χ3v) is 3.92. The minimum Gasteiger partial charge on any atom is -0.477 e. The topological polar surface area (TPSA) is 105 Å². The van der Waals surface area contributed by atoms with Gasteiger partial charge in [0.1, 0.15) is 4.47 Å². The van der Waals surface area contributed by atoms with Crippen LogP contribution in [0.1, 0.15) is 41.5 Å². The standard InChI is InChI=1S/C14H14BrN3O4/c1-6(2)9-10(7(3)4-5-16-9)18-11(13(20)21)8(15)12(19)17-14(18)22/h4-6H,1-3H3,(H,20,21)(H,17,19,22). The second kappa shape index (κ2) is 5.88. The van der Waals surface area contributed by atoms with E-state index < -0.39 is 22.9 Å². The Bertz CT molecular complexity index is 867. The van der Waals surface area contributed by atoms with Gasteiger partial charge in [-0.15, -0.1) is 0 Å². The summed E-state index contributed by atoms with van der Waals surface area (Å²) in [5.74, 6) is -1.41. The molecule has 0 aliphatic rings. The zero-order valence-electron chi connectivity index (χ0n) is 12.2. The van der Waals surface area contributed by atoms with Gasteiger partial charge in [-0.25, -0.2) is 9.59 Å². The number of carboxylic acids is 1. The van der Waals surface area contributed by atoms with Crippen molar-refractivity contribution in [1.82, 2.24) is 14.5 Å². The van der Waals surface area contributed by atoms with E-state index >= 15 is 0 Å². The van der Waals surface area contributed by atoms with Crippen molar-refractivity contribution in [3.63, 3.8) is 0 Å². The number of nitrogens with zero attached hydrogens (tertiary/aromatic N) is 2. The van der Waals surface area contributed by atoms with Gasteiger partial charge in [0.25, 0.3) is 5.56 Å². The van der Waals surface area contributed by atoms with Gasteiger partial charge < -0.3 is 5.11 Å². The lowest BCUT2D eigenvalue weighted by Crippen LogP contribution is -2.35. The maximum atomic E-state index is 12.2. The average molecular weight is 368 g/mol. The second-order valence-electron chi connectivity index (χ2n) is 5.08. The van der Waals surface area contributed by atoms with Gasteiger partial charge in [-0.2, -0.15) is 0 Å². The molecular formula is C14H14BrN3O4. The molecule has 2 rings (SSSR count). The zero-order valence-corrected chi connectivity index (χ0v) is 13.8. The first-order chi connectivity index (χ1) is 10.3. The predicted molar refractivity (Wildman–Crippen MR) is 83.9 cm³/mol. The Kier molecular flexibility index (Phi) is 4.32. The van der Waals surface area contributed by atoms with Crippen LogP contribution in [0, 0.1) is 6.92 Å². The third kappa shape index (κ3) is 2.61. The van der Waals surface area contributed by atoms with E-state index in [0.717, 1.165) is 4.57 Å². The smallest absolute Gasteiger partial charge is 0.354 e. The number of hydrogen-bond donors (Lipinski definition) is 2. The SMILES string of the molecule is Cc1ccnc(C(C)C)c1-n1c(C(=O)O)c(Br)c(=O)[nH]c1=O. The Balaban J connectivity index is 3.03. The fourth-order valence-electron chi connectivity index (χ4n) is 2.20. The quantitative estimate of drug-likeness (QED) is 0.860. The minimum absolute atomic E-state index is 0.0332. The third-order valence-electron chi connectivity index (χ3n) is 3.18. The highest BCUT2D eigenvalue weighted by Crippen LogP contribution is 2.25. The monoisotopic (exact) mass is 367 g/mol. The molecule has 2 aromatic rings. The van der Waals surface area contributed by atoms with E-state index in [9.17, 15) is 19.5 Å². The fraction of sp³-hybridized carbons (Fsp3) is 0.286. The van der Waals surface area contributed by atoms with Crippen LogP contribution < -0.4 is 11.2 Å². The van der Waals surface area contributed by atoms with E-state index in [1.165, 1.54) is 0 Å². The van der Waals surface area contributed by atoms with Crippen LogP contribution in [0.3, 0.4) is 0 Å². The molecule has 22 heavy (non-hydrogen) atoms. The van der Waals surface area contributed by atoms with E-state index in [0.29, 0.717) is 16.9 Å². The normalized spacial score (nSPS) is 11.0. The lowest BCUT2D eigenvalue weighted by atomic mass is 10.0. The number of halogens is 1. The van der Waals surface area contributed by atoms with Crippen molar-refractivity contribution in [2.75, 3.05) is 0 Å². The number of aromatic nitrogens is 3. The van der Waals surface area contributed by atoms with Crippen LogP contribution in [0.15, 0.2) is 26.3 Å². The molecule has 0 aromatic carbocycles. The molecule has 2 aromatic heterocycles. The van der Waals surface area contributed by atoms with Crippen molar-refractivity contribution >= 4 is 21.9 Å². The number of pyridine rings is 1. The molecule has 2 heterocycles. The summed E-state index contributed by atoms with van der Waals surface area (Å²) in [6.07, 6.45) is 1.60. The minimum atomic E-state index is -1.38. The number of carbonyl (C=O) groups is 1. The van der Waals surface area contributed by atoms with Gasteiger partial charge in [0.2, 0.25) is 0 Å². The van der Waals surface area contributed by atoms with Crippen molar-refractivity contribution in [1.29, 1.82) is 0 Å². The molecule has 8 heteroatoms. The number of aromatic amines is 1. The van der Waals surface area contributed by atoms with E-state index in [-0.39, 0.29) is 10.4 Å². The molecule has 0 saturated heterocycles. The molecule has 0 radical (unpaired) electrons. The molecule has 0 saturated carbocycles. The Labute approximate surface area is 133 Å². The molecule has 0 aliphatic heterocycles. The average Bonchev–Trinajstić information content (AvgIpc) is 2.42. The van der Waals surface area contributed by atoms with E-state index in [1.807, 2.05) is 13.8 Å². The van der Waals surface area contributed by atoms with E-state index in [2.05, 4.69) is 25.9 Å². The van der Waals surface area contributed by atoms with Crippen LogP contribution in [-0.2, 0) is 0 Å². The predicted octanol–water partition coefficient (Wildman–Crippen LogP) is 1.81. The molecule has 0 bridgehead atoms. The van der Waals surface area contributed by atoms with Crippen molar-refractivity contribution in [2.45, 2.75) is 26.7 Å². The highest BCUT2D eigenvalue weighted by atomic mass is 79.9. The molecule has 116 valence electrons. The molecule has 7 nitrogen and oxygen atoms in total. The molecule has 0 amide bonds. The van der Waals surface area contributed by atoms with Gasteiger partial charge in [0.05, 0.1) is 11.4 Å². The molecule has 0 unspecified atom stereocenters. The largest absolute Gasteiger partial charge is 0.477 e. The summed E-state index contributed by atoms with van der Waals surface area (Å²) in [5, 5.41) is 9.41. The number of nitrogens with one attached hydrogen (secondary N) is 1. The number of H-pyrrole nitrogens is 1. The molecule has 0 aliphatic carbocycles. The van der Waals surface area contributed by atoms with Crippen LogP contribution in [-0.4, -0.2) is 25.6 Å². The highest BCUT2D eigenvalue weighted by Gasteiger charge is 2.24. The van der Waals surface area contributed by atoms with Gasteiger partial charge in [0, 0.05) is 6.20 Å². The van der Waals surface area contributed by atoms with Crippen LogP contribution in [0.25, 0.3) is 5.69 Å². The van der Waals surface area contributed by atoms with Crippen LogP contribution in [0.5, 0.6) is 0 Å². The van der Waals surface area contributed by atoms with E-state index in [4.69, 9.17) is 0 Å². The summed E-state index contributed by atoms with van der Waals surface area (Å²) in [6, 6.07) is 1.68. The lowest BCUT2D eigenvalue weighted by Gasteiger charge is -2.18. The van der Waals surface area contributed by atoms with Crippen molar-refractivity contribution < 1.29 is 9.90 Å². The summed E-state index contributed by atoms with van der Waals surface area (Å²) < 4.78 is 0.767.